The first kappa shape index (κ1) is 14.0. The Morgan fingerprint density at radius 3 is 2.42 bits per heavy atom. The van der Waals surface area contributed by atoms with Crippen LogP contribution >= 0.6 is 23.2 Å². The Morgan fingerprint density at radius 1 is 1.11 bits per heavy atom. The van der Waals surface area contributed by atoms with Crippen LogP contribution in [0.1, 0.15) is 5.69 Å². The zero-order valence-corrected chi connectivity index (χ0v) is 10.7. The number of nitrogens with one attached hydrogen (secondary N) is 1. The third kappa shape index (κ3) is 2.93. The Kier molecular flexibility index (Phi) is 3.60. The molecule has 0 unspecified atom stereocenters. The first-order valence-electron chi connectivity index (χ1n) is 5.05. The minimum Gasteiger partial charge on any atom is -0.351 e. The van der Waals surface area contributed by atoms with Crippen molar-refractivity contribution in [2.45, 2.75) is 6.18 Å². The van der Waals surface area contributed by atoms with E-state index < -0.39 is 17.3 Å². The number of halogens is 5. The van der Waals surface area contributed by atoms with Gasteiger partial charge in [-0.15, -0.1) is 0 Å². The van der Waals surface area contributed by atoms with E-state index in [9.17, 15) is 18.0 Å². The van der Waals surface area contributed by atoms with Crippen molar-refractivity contribution in [3.63, 3.8) is 0 Å². The van der Waals surface area contributed by atoms with Gasteiger partial charge >= 0.3 is 6.18 Å². The second-order valence-corrected chi connectivity index (χ2v) is 4.53. The van der Waals surface area contributed by atoms with Gasteiger partial charge in [-0.2, -0.15) is 13.2 Å². The number of aromatic nitrogens is 1. The zero-order chi connectivity index (χ0) is 14.2. The molecule has 0 aliphatic heterocycles. The Bertz CT molecular complexity index is 679. The Hall–Kier alpha value is -1.46. The lowest BCUT2D eigenvalue weighted by molar-refractivity contribution is -0.141. The maximum Gasteiger partial charge on any atom is 0.431 e. The van der Waals surface area contributed by atoms with Crippen molar-refractivity contribution in [3.8, 4) is 11.3 Å². The molecule has 7 heteroatoms. The molecule has 0 spiro atoms. The number of H-pyrrole nitrogens is 1. The van der Waals surface area contributed by atoms with E-state index >= 15 is 0 Å². The van der Waals surface area contributed by atoms with Crippen LogP contribution in [0.3, 0.4) is 0 Å². The van der Waals surface area contributed by atoms with Crippen LogP contribution < -0.4 is 5.43 Å². The second-order valence-electron chi connectivity index (χ2n) is 3.74. The fourth-order valence-electron chi connectivity index (χ4n) is 1.55. The first-order chi connectivity index (χ1) is 8.79. The highest BCUT2D eigenvalue weighted by molar-refractivity contribution is 6.43. The SMILES string of the molecule is O=c1cc(-c2cccc(Cl)c2Cl)[nH]c(C(F)(F)F)c1. The summed E-state index contributed by atoms with van der Waals surface area (Å²) in [4.78, 5) is 13.5. The number of benzene rings is 1. The van der Waals surface area contributed by atoms with Crippen molar-refractivity contribution < 1.29 is 13.2 Å². The number of hydrogen-bond acceptors (Lipinski definition) is 1. The highest BCUT2D eigenvalue weighted by atomic mass is 35.5. The number of pyridine rings is 1. The van der Waals surface area contributed by atoms with Gasteiger partial charge < -0.3 is 4.98 Å². The minimum absolute atomic E-state index is 0.0349. The number of rotatable bonds is 1. The largest absolute Gasteiger partial charge is 0.431 e. The molecule has 0 saturated carbocycles. The molecule has 0 atom stereocenters. The molecule has 100 valence electrons. The van der Waals surface area contributed by atoms with Gasteiger partial charge in [0.05, 0.1) is 15.7 Å². The van der Waals surface area contributed by atoms with Crippen LogP contribution in [0.4, 0.5) is 13.2 Å². The van der Waals surface area contributed by atoms with Gasteiger partial charge in [0.15, 0.2) is 5.43 Å². The van der Waals surface area contributed by atoms with Crippen molar-refractivity contribution >= 4 is 23.2 Å². The molecule has 0 fully saturated rings. The molecule has 2 rings (SSSR count). The van der Waals surface area contributed by atoms with Gasteiger partial charge in [-0.3, -0.25) is 4.79 Å². The molecule has 1 aromatic heterocycles. The van der Waals surface area contributed by atoms with Crippen LogP contribution in [0, 0.1) is 0 Å². The van der Waals surface area contributed by atoms with E-state index in [0.29, 0.717) is 6.07 Å². The monoisotopic (exact) mass is 307 g/mol. The van der Waals surface area contributed by atoms with Crippen LogP contribution in [0.2, 0.25) is 10.0 Å². The Morgan fingerprint density at radius 2 is 1.79 bits per heavy atom. The molecule has 2 nitrogen and oxygen atoms in total. The van der Waals surface area contributed by atoms with Crippen molar-refractivity contribution in [1.82, 2.24) is 4.98 Å². The smallest absolute Gasteiger partial charge is 0.351 e. The molecular formula is C12H6Cl2F3NO. The zero-order valence-electron chi connectivity index (χ0n) is 9.18. The average molecular weight is 308 g/mol. The van der Waals surface area contributed by atoms with Gasteiger partial charge in [0.1, 0.15) is 5.69 Å². The van der Waals surface area contributed by atoms with E-state index in [1.807, 2.05) is 0 Å². The van der Waals surface area contributed by atoms with Gasteiger partial charge in [-0.1, -0.05) is 35.3 Å². The molecule has 0 bridgehead atoms. The second kappa shape index (κ2) is 4.90. The highest BCUT2D eigenvalue weighted by Gasteiger charge is 2.32. The predicted octanol–water partition coefficient (Wildman–Crippen LogP) is 4.37. The number of hydrogen-bond donors (Lipinski definition) is 1. The van der Waals surface area contributed by atoms with Crippen molar-refractivity contribution in [2.24, 2.45) is 0 Å². The lowest BCUT2D eigenvalue weighted by Gasteiger charge is -2.10. The first-order valence-corrected chi connectivity index (χ1v) is 5.80. The molecule has 1 N–H and O–H groups in total. The highest BCUT2D eigenvalue weighted by Crippen LogP contribution is 2.33. The molecule has 0 aliphatic rings. The van der Waals surface area contributed by atoms with Gasteiger partial charge in [-0.05, 0) is 6.07 Å². The van der Waals surface area contributed by atoms with E-state index in [-0.39, 0.29) is 21.3 Å². The molecule has 2 aromatic rings. The standard InChI is InChI=1S/C12H6Cl2F3NO/c13-8-3-1-2-7(11(8)14)9-4-6(19)5-10(18-9)12(15,16)17/h1-5H,(H,18,19). The predicted molar refractivity (Wildman–Crippen MR) is 67.5 cm³/mol. The maximum absolute atomic E-state index is 12.6. The van der Waals surface area contributed by atoms with Gasteiger partial charge in [0.25, 0.3) is 0 Å². The van der Waals surface area contributed by atoms with E-state index in [4.69, 9.17) is 23.2 Å². The topological polar surface area (TPSA) is 32.9 Å². The van der Waals surface area contributed by atoms with Crippen LogP contribution in [-0.4, -0.2) is 4.98 Å². The van der Waals surface area contributed by atoms with Gasteiger partial charge in [0, 0.05) is 17.7 Å². The molecule has 0 saturated heterocycles. The molecule has 0 amide bonds. The lowest BCUT2D eigenvalue weighted by atomic mass is 10.1. The number of aromatic amines is 1. The molecule has 0 aliphatic carbocycles. The Labute approximate surface area is 115 Å². The van der Waals surface area contributed by atoms with Crippen LogP contribution in [0.25, 0.3) is 11.3 Å². The third-order valence-corrected chi connectivity index (χ3v) is 3.21. The van der Waals surface area contributed by atoms with Crippen molar-refractivity contribution in [3.05, 3.63) is 56.3 Å². The van der Waals surface area contributed by atoms with Crippen LogP contribution in [0.5, 0.6) is 0 Å². The lowest BCUT2D eigenvalue weighted by Crippen LogP contribution is -2.13. The van der Waals surface area contributed by atoms with Crippen molar-refractivity contribution in [1.29, 1.82) is 0 Å². The quantitative estimate of drug-likeness (QED) is 0.834. The summed E-state index contributed by atoms with van der Waals surface area (Å²) in [6.07, 6.45) is -4.64. The molecule has 19 heavy (non-hydrogen) atoms. The molecule has 0 radical (unpaired) electrons. The fraction of sp³-hybridized carbons (Fsp3) is 0.0833. The summed E-state index contributed by atoms with van der Waals surface area (Å²) in [5.41, 5.74) is -1.70. The molecule has 1 heterocycles. The van der Waals surface area contributed by atoms with E-state index in [2.05, 4.69) is 4.98 Å². The average Bonchev–Trinajstić information content (AvgIpc) is 2.31. The Balaban J connectivity index is 2.67. The van der Waals surface area contributed by atoms with E-state index in [0.717, 1.165) is 6.07 Å². The van der Waals surface area contributed by atoms with E-state index in [1.54, 1.807) is 0 Å². The van der Waals surface area contributed by atoms with Gasteiger partial charge in [-0.25, -0.2) is 0 Å². The molecule has 1 aromatic carbocycles. The summed E-state index contributed by atoms with van der Waals surface area (Å²) in [6.45, 7) is 0. The fourth-order valence-corrected chi connectivity index (χ4v) is 1.96. The summed E-state index contributed by atoms with van der Waals surface area (Å²) >= 11 is 11.7. The maximum atomic E-state index is 12.6. The van der Waals surface area contributed by atoms with E-state index in [1.165, 1.54) is 18.2 Å². The van der Waals surface area contributed by atoms with Crippen LogP contribution in [0.15, 0.2) is 35.1 Å². The summed E-state index contributed by atoms with van der Waals surface area (Å²) < 4.78 is 37.8. The van der Waals surface area contributed by atoms with Gasteiger partial charge in [0.2, 0.25) is 0 Å². The summed E-state index contributed by atoms with van der Waals surface area (Å²) in [6, 6.07) is 6.02. The summed E-state index contributed by atoms with van der Waals surface area (Å²) in [5, 5.41) is 0.275. The van der Waals surface area contributed by atoms with Crippen molar-refractivity contribution in [2.75, 3.05) is 0 Å². The summed E-state index contributed by atoms with van der Waals surface area (Å²) in [7, 11) is 0. The normalized spacial score (nSPS) is 11.6. The minimum atomic E-state index is -4.64. The molecular weight excluding hydrogens is 302 g/mol. The third-order valence-electron chi connectivity index (χ3n) is 2.39. The number of alkyl halides is 3. The summed E-state index contributed by atoms with van der Waals surface area (Å²) in [5.74, 6) is 0. The van der Waals surface area contributed by atoms with Crippen LogP contribution in [-0.2, 0) is 6.18 Å².